The predicted octanol–water partition coefficient (Wildman–Crippen LogP) is 4.05. The Bertz CT molecular complexity index is 431. The lowest BCUT2D eigenvalue weighted by atomic mass is 9.84. The zero-order valence-electron chi connectivity index (χ0n) is 11.0. The molecule has 1 saturated carbocycles. The molecule has 1 aliphatic carbocycles. The van der Waals surface area contributed by atoms with Crippen LogP contribution in [0.3, 0.4) is 0 Å². The van der Waals surface area contributed by atoms with Crippen LogP contribution in [0.25, 0.3) is 0 Å². The van der Waals surface area contributed by atoms with Crippen molar-refractivity contribution in [2.45, 2.75) is 45.1 Å². The van der Waals surface area contributed by atoms with Gasteiger partial charge in [0, 0.05) is 6.04 Å². The van der Waals surface area contributed by atoms with Crippen LogP contribution in [0.15, 0.2) is 6.07 Å². The maximum absolute atomic E-state index is 6.16. The van der Waals surface area contributed by atoms with Gasteiger partial charge in [-0.2, -0.15) is 0 Å². The minimum Gasteiger partial charge on any atom is -0.366 e. The van der Waals surface area contributed by atoms with E-state index in [0.717, 1.165) is 18.8 Å². The number of pyridine rings is 1. The minimum atomic E-state index is 0.424. The summed E-state index contributed by atoms with van der Waals surface area (Å²) in [5.41, 5.74) is 2.47. The Morgan fingerprint density at radius 2 is 1.84 bits per heavy atom. The Morgan fingerprint density at radius 1 is 1.21 bits per heavy atom. The van der Waals surface area contributed by atoms with Crippen molar-refractivity contribution >= 4 is 34.8 Å². The van der Waals surface area contributed by atoms with Gasteiger partial charge in [-0.1, -0.05) is 36.5 Å². The third-order valence-electron chi connectivity index (χ3n) is 3.83. The number of nitrogens with one attached hydrogen (secondary N) is 2. The van der Waals surface area contributed by atoms with Crippen LogP contribution in [-0.4, -0.2) is 11.0 Å². The van der Waals surface area contributed by atoms with E-state index < -0.39 is 0 Å². The summed E-state index contributed by atoms with van der Waals surface area (Å²) < 4.78 is 0. The number of nitrogens with two attached hydrogens (primary N) is 1. The van der Waals surface area contributed by atoms with Crippen LogP contribution >= 0.6 is 23.2 Å². The quantitative estimate of drug-likeness (QED) is 0.580. The lowest BCUT2D eigenvalue weighted by Crippen LogP contribution is -2.26. The van der Waals surface area contributed by atoms with Crippen LogP contribution in [0.1, 0.15) is 39.0 Å². The van der Waals surface area contributed by atoms with Gasteiger partial charge >= 0.3 is 0 Å². The molecule has 1 heterocycles. The second-order valence-electron chi connectivity index (χ2n) is 5.06. The lowest BCUT2D eigenvalue weighted by Gasteiger charge is -2.29. The summed E-state index contributed by atoms with van der Waals surface area (Å²) in [7, 11) is 0. The van der Waals surface area contributed by atoms with Crippen molar-refractivity contribution in [2.24, 2.45) is 11.8 Å². The minimum absolute atomic E-state index is 0.424. The van der Waals surface area contributed by atoms with Gasteiger partial charge in [-0.3, -0.25) is 0 Å². The summed E-state index contributed by atoms with van der Waals surface area (Å²) in [6.45, 7) is 2.26. The van der Waals surface area contributed by atoms with Crippen molar-refractivity contribution in [2.75, 3.05) is 10.7 Å². The number of nitrogens with zero attached hydrogens (tertiary/aromatic N) is 1. The number of hydrazine groups is 1. The number of aromatic nitrogens is 1. The number of halogens is 2. The van der Waals surface area contributed by atoms with E-state index in [4.69, 9.17) is 29.0 Å². The lowest BCUT2D eigenvalue weighted by molar-refractivity contribution is 0.330. The zero-order valence-corrected chi connectivity index (χ0v) is 12.6. The van der Waals surface area contributed by atoms with Crippen LogP contribution in [0.2, 0.25) is 10.0 Å². The normalized spacial score (nSPS) is 23.2. The average Bonchev–Trinajstić information content (AvgIpc) is 2.42. The third-order valence-corrected chi connectivity index (χ3v) is 4.41. The van der Waals surface area contributed by atoms with Crippen LogP contribution in [-0.2, 0) is 0 Å². The third kappa shape index (κ3) is 3.65. The molecule has 0 aromatic carbocycles. The predicted molar refractivity (Wildman–Crippen MR) is 81.7 cm³/mol. The van der Waals surface area contributed by atoms with E-state index in [1.807, 2.05) is 0 Å². The van der Waals surface area contributed by atoms with E-state index >= 15 is 0 Å². The fourth-order valence-corrected chi connectivity index (χ4v) is 3.05. The molecule has 1 fully saturated rings. The molecule has 0 bridgehead atoms. The van der Waals surface area contributed by atoms with Crippen LogP contribution in [0.4, 0.5) is 11.6 Å². The standard InChI is InChI=1S/C13H20Cl2N4/c1-2-8-3-5-9(6-4-8)17-12-10(14)7-11(15)13(18-12)19-16/h7-9H,2-6,16H2,1H3,(H2,17,18,19). The Kier molecular flexibility index (Phi) is 5.13. The first-order chi connectivity index (χ1) is 9.13. The van der Waals surface area contributed by atoms with Crippen LogP contribution in [0, 0.1) is 5.92 Å². The van der Waals surface area contributed by atoms with Crippen molar-refractivity contribution in [3.05, 3.63) is 16.1 Å². The van der Waals surface area contributed by atoms with Gasteiger partial charge in [-0.15, -0.1) is 0 Å². The molecule has 6 heteroatoms. The molecule has 19 heavy (non-hydrogen) atoms. The number of hydrogen-bond acceptors (Lipinski definition) is 4. The maximum Gasteiger partial charge on any atom is 0.161 e. The molecule has 1 aromatic heterocycles. The highest BCUT2D eigenvalue weighted by Gasteiger charge is 2.21. The molecule has 0 radical (unpaired) electrons. The average molecular weight is 303 g/mol. The molecular weight excluding hydrogens is 283 g/mol. The Balaban J connectivity index is 2.03. The fraction of sp³-hybridized carbons (Fsp3) is 0.615. The van der Waals surface area contributed by atoms with Gasteiger partial charge in [0.25, 0.3) is 0 Å². The first kappa shape index (κ1) is 14.7. The van der Waals surface area contributed by atoms with E-state index in [-0.39, 0.29) is 0 Å². The molecule has 1 aromatic rings. The van der Waals surface area contributed by atoms with E-state index in [9.17, 15) is 0 Å². The molecule has 2 rings (SSSR count). The molecule has 0 aliphatic heterocycles. The fourth-order valence-electron chi connectivity index (χ4n) is 2.58. The van der Waals surface area contributed by atoms with Gasteiger partial charge < -0.3 is 10.7 Å². The summed E-state index contributed by atoms with van der Waals surface area (Å²) in [6.07, 6.45) is 6.12. The Hall–Kier alpha value is -0.710. The smallest absolute Gasteiger partial charge is 0.161 e. The molecule has 4 nitrogen and oxygen atoms in total. The highest BCUT2D eigenvalue weighted by molar-refractivity contribution is 6.37. The highest BCUT2D eigenvalue weighted by atomic mass is 35.5. The molecule has 0 amide bonds. The second-order valence-corrected chi connectivity index (χ2v) is 5.88. The van der Waals surface area contributed by atoms with Crippen LogP contribution < -0.4 is 16.6 Å². The molecule has 0 saturated heterocycles. The second kappa shape index (κ2) is 6.64. The van der Waals surface area contributed by atoms with E-state index in [2.05, 4.69) is 22.7 Å². The van der Waals surface area contributed by atoms with Crippen molar-refractivity contribution in [3.63, 3.8) is 0 Å². The van der Waals surface area contributed by atoms with Gasteiger partial charge in [0.15, 0.2) is 5.82 Å². The van der Waals surface area contributed by atoms with Gasteiger partial charge in [0.1, 0.15) is 5.82 Å². The summed E-state index contributed by atoms with van der Waals surface area (Å²) >= 11 is 12.1. The SMILES string of the molecule is CCC1CCC(Nc2nc(NN)c(Cl)cc2Cl)CC1. The number of hydrogen-bond donors (Lipinski definition) is 3. The summed E-state index contributed by atoms with van der Waals surface area (Å²) in [4.78, 5) is 4.31. The topological polar surface area (TPSA) is 63.0 Å². The monoisotopic (exact) mass is 302 g/mol. The molecule has 106 valence electrons. The summed E-state index contributed by atoms with van der Waals surface area (Å²) in [5.74, 6) is 7.33. The Labute approximate surface area is 124 Å². The largest absolute Gasteiger partial charge is 0.366 e. The zero-order chi connectivity index (χ0) is 13.8. The Morgan fingerprint density at radius 3 is 2.42 bits per heavy atom. The summed E-state index contributed by atoms with van der Waals surface area (Å²) in [6, 6.07) is 2.09. The van der Waals surface area contributed by atoms with Crippen LogP contribution in [0.5, 0.6) is 0 Å². The van der Waals surface area contributed by atoms with E-state index in [0.29, 0.717) is 27.7 Å². The summed E-state index contributed by atoms with van der Waals surface area (Å²) in [5, 5.41) is 4.35. The first-order valence-electron chi connectivity index (χ1n) is 6.73. The molecule has 4 N–H and O–H groups in total. The van der Waals surface area contributed by atoms with Crippen molar-refractivity contribution in [3.8, 4) is 0 Å². The highest BCUT2D eigenvalue weighted by Crippen LogP contribution is 2.32. The van der Waals surface area contributed by atoms with E-state index in [1.165, 1.54) is 19.3 Å². The van der Waals surface area contributed by atoms with Gasteiger partial charge in [0.2, 0.25) is 0 Å². The molecule has 0 spiro atoms. The van der Waals surface area contributed by atoms with Crippen molar-refractivity contribution in [1.82, 2.24) is 4.98 Å². The molecule has 0 atom stereocenters. The van der Waals surface area contributed by atoms with E-state index in [1.54, 1.807) is 6.07 Å². The molecule has 1 aliphatic rings. The molecule has 0 unspecified atom stereocenters. The van der Waals surface area contributed by atoms with Gasteiger partial charge in [-0.25, -0.2) is 10.8 Å². The van der Waals surface area contributed by atoms with Crippen molar-refractivity contribution < 1.29 is 0 Å². The number of nitrogen functional groups attached to an aromatic ring is 1. The number of anilines is 2. The van der Waals surface area contributed by atoms with Gasteiger partial charge in [0.05, 0.1) is 10.0 Å². The maximum atomic E-state index is 6.16. The van der Waals surface area contributed by atoms with Crippen molar-refractivity contribution in [1.29, 1.82) is 0 Å². The van der Waals surface area contributed by atoms with Gasteiger partial charge in [-0.05, 0) is 37.7 Å². The molecular formula is C13H20Cl2N4. The first-order valence-corrected chi connectivity index (χ1v) is 7.48. The number of rotatable bonds is 4.